The predicted octanol–water partition coefficient (Wildman–Crippen LogP) is 3.09. The Bertz CT molecular complexity index is 165. The molecular formula is C11H20OS. The first-order valence-electron chi connectivity index (χ1n) is 5.54. The third kappa shape index (κ3) is 2.21. The molecule has 2 fully saturated rings. The highest BCUT2D eigenvalue weighted by atomic mass is 32.2. The quantitative estimate of drug-likeness (QED) is 0.677. The molecule has 0 spiro atoms. The average molecular weight is 200 g/mol. The molecule has 2 heteroatoms. The topological polar surface area (TPSA) is 9.23 Å². The van der Waals surface area contributed by atoms with Gasteiger partial charge in [-0.2, -0.15) is 11.8 Å². The Balaban J connectivity index is 1.85. The lowest BCUT2D eigenvalue weighted by molar-refractivity contribution is 0.0234. The van der Waals surface area contributed by atoms with Crippen LogP contribution in [0.1, 0.15) is 39.5 Å². The van der Waals surface area contributed by atoms with Crippen molar-refractivity contribution in [3.05, 3.63) is 0 Å². The minimum Gasteiger partial charge on any atom is -0.375 e. The number of hydrogen-bond acceptors (Lipinski definition) is 2. The van der Waals surface area contributed by atoms with Crippen LogP contribution in [0.25, 0.3) is 0 Å². The van der Waals surface area contributed by atoms with E-state index in [-0.39, 0.29) is 0 Å². The SMILES string of the molecule is CC1CCC(C(C)C2CCCS2)O1. The van der Waals surface area contributed by atoms with Crippen molar-refractivity contribution in [2.75, 3.05) is 5.75 Å². The maximum Gasteiger partial charge on any atom is 0.0615 e. The van der Waals surface area contributed by atoms with Crippen LogP contribution in [0, 0.1) is 5.92 Å². The van der Waals surface area contributed by atoms with E-state index in [1.807, 2.05) is 0 Å². The van der Waals surface area contributed by atoms with Crippen LogP contribution in [0.3, 0.4) is 0 Å². The van der Waals surface area contributed by atoms with Crippen LogP contribution in [-0.2, 0) is 4.74 Å². The smallest absolute Gasteiger partial charge is 0.0615 e. The van der Waals surface area contributed by atoms with Gasteiger partial charge in [-0.1, -0.05) is 6.92 Å². The van der Waals surface area contributed by atoms with Gasteiger partial charge < -0.3 is 4.74 Å². The van der Waals surface area contributed by atoms with Gasteiger partial charge in [0, 0.05) is 5.25 Å². The summed E-state index contributed by atoms with van der Waals surface area (Å²) in [5, 5.41) is 0.885. The summed E-state index contributed by atoms with van der Waals surface area (Å²) in [7, 11) is 0. The molecule has 0 aromatic heterocycles. The van der Waals surface area contributed by atoms with Crippen molar-refractivity contribution in [3.8, 4) is 0 Å². The summed E-state index contributed by atoms with van der Waals surface area (Å²) in [6.45, 7) is 4.58. The molecule has 0 amide bonds. The van der Waals surface area contributed by atoms with E-state index in [1.54, 1.807) is 0 Å². The Morgan fingerprint density at radius 2 is 2.15 bits per heavy atom. The van der Waals surface area contributed by atoms with Crippen molar-refractivity contribution in [3.63, 3.8) is 0 Å². The molecule has 13 heavy (non-hydrogen) atoms. The van der Waals surface area contributed by atoms with E-state index in [1.165, 1.54) is 31.4 Å². The average Bonchev–Trinajstić information content (AvgIpc) is 2.72. The Hall–Kier alpha value is 0.310. The van der Waals surface area contributed by atoms with Gasteiger partial charge >= 0.3 is 0 Å². The van der Waals surface area contributed by atoms with Gasteiger partial charge in [-0.15, -0.1) is 0 Å². The molecule has 0 bridgehead atoms. The molecule has 4 unspecified atom stereocenters. The molecule has 2 heterocycles. The fourth-order valence-electron chi connectivity index (χ4n) is 2.48. The van der Waals surface area contributed by atoms with Crippen LogP contribution < -0.4 is 0 Å². The summed E-state index contributed by atoms with van der Waals surface area (Å²) in [6, 6.07) is 0. The van der Waals surface area contributed by atoms with E-state index in [0.29, 0.717) is 12.2 Å². The van der Waals surface area contributed by atoms with E-state index in [2.05, 4.69) is 25.6 Å². The van der Waals surface area contributed by atoms with Crippen molar-refractivity contribution in [2.24, 2.45) is 5.92 Å². The van der Waals surface area contributed by atoms with Gasteiger partial charge in [0.2, 0.25) is 0 Å². The molecule has 0 aromatic rings. The molecule has 1 nitrogen and oxygen atoms in total. The van der Waals surface area contributed by atoms with E-state index in [4.69, 9.17) is 4.74 Å². The highest BCUT2D eigenvalue weighted by Crippen LogP contribution is 2.37. The van der Waals surface area contributed by atoms with Crippen LogP contribution in [-0.4, -0.2) is 23.2 Å². The minimum absolute atomic E-state index is 0.513. The lowest BCUT2D eigenvalue weighted by Crippen LogP contribution is -2.26. The minimum atomic E-state index is 0.513. The van der Waals surface area contributed by atoms with Gasteiger partial charge in [0.05, 0.1) is 12.2 Å². The lowest BCUT2D eigenvalue weighted by atomic mass is 9.96. The second kappa shape index (κ2) is 4.22. The van der Waals surface area contributed by atoms with Crippen LogP contribution in [0.2, 0.25) is 0 Å². The monoisotopic (exact) mass is 200 g/mol. The van der Waals surface area contributed by atoms with Gasteiger partial charge in [-0.3, -0.25) is 0 Å². The fraction of sp³-hybridized carbons (Fsp3) is 1.00. The third-order valence-corrected chi connectivity index (χ3v) is 5.02. The van der Waals surface area contributed by atoms with Gasteiger partial charge in [-0.25, -0.2) is 0 Å². The molecule has 76 valence electrons. The predicted molar refractivity (Wildman–Crippen MR) is 58.2 cm³/mol. The summed E-state index contributed by atoms with van der Waals surface area (Å²) in [5.74, 6) is 2.15. The highest BCUT2D eigenvalue weighted by Gasteiger charge is 2.33. The summed E-state index contributed by atoms with van der Waals surface area (Å²) in [4.78, 5) is 0. The highest BCUT2D eigenvalue weighted by molar-refractivity contribution is 8.00. The molecule has 0 aromatic carbocycles. The Morgan fingerprint density at radius 3 is 2.69 bits per heavy atom. The first-order valence-corrected chi connectivity index (χ1v) is 6.59. The van der Waals surface area contributed by atoms with E-state index >= 15 is 0 Å². The molecule has 0 N–H and O–H groups in total. The summed E-state index contributed by atoms with van der Waals surface area (Å²) in [5.41, 5.74) is 0. The zero-order valence-electron chi connectivity index (χ0n) is 8.66. The lowest BCUT2D eigenvalue weighted by Gasteiger charge is -2.24. The Morgan fingerprint density at radius 1 is 1.31 bits per heavy atom. The maximum atomic E-state index is 5.92. The molecule has 4 atom stereocenters. The van der Waals surface area contributed by atoms with Crippen molar-refractivity contribution in [1.29, 1.82) is 0 Å². The number of ether oxygens (including phenoxy) is 1. The summed E-state index contributed by atoms with van der Waals surface area (Å²) < 4.78 is 5.92. The van der Waals surface area contributed by atoms with E-state index in [9.17, 15) is 0 Å². The molecule has 0 saturated carbocycles. The molecule has 2 rings (SSSR count). The van der Waals surface area contributed by atoms with Gasteiger partial charge in [-0.05, 0) is 44.3 Å². The van der Waals surface area contributed by atoms with E-state index in [0.717, 1.165) is 11.2 Å². The van der Waals surface area contributed by atoms with Gasteiger partial charge in [0.1, 0.15) is 0 Å². The second-order valence-electron chi connectivity index (χ2n) is 4.47. The van der Waals surface area contributed by atoms with Crippen molar-refractivity contribution in [2.45, 2.75) is 57.0 Å². The summed E-state index contributed by atoms with van der Waals surface area (Å²) >= 11 is 2.16. The van der Waals surface area contributed by atoms with Crippen LogP contribution in [0.15, 0.2) is 0 Å². The molecule has 2 aliphatic heterocycles. The van der Waals surface area contributed by atoms with Crippen LogP contribution >= 0.6 is 11.8 Å². The Labute approximate surface area is 85.6 Å². The van der Waals surface area contributed by atoms with Gasteiger partial charge in [0.15, 0.2) is 0 Å². The number of thioether (sulfide) groups is 1. The molecule has 2 saturated heterocycles. The molecule has 2 aliphatic rings. The molecule has 0 radical (unpaired) electrons. The Kier molecular flexibility index (Phi) is 3.20. The second-order valence-corrected chi connectivity index (χ2v) is 5.82. The number of hydrogen-bond donors (Lipinski definition) is 0. The zero-order chi connectivity index (χ0) is 9.26. The largest absolute Gasteiger partial charge is 0.375 e. The standard InChI is InChI=1S/C11H20OS/c1-8-5-6-10(12-8)9(2)11-4-3-7-13-11/h8-11H,3-7H2,1-2H3. The number of rotatable bonds is 2. The molecule has 0 aliphatic carbocycles. The third-order valence-electron chi connectivity index (χ3n) is 3.40. The summed E-state index contributed by atoms with van der Waals surface area (Å²) in [6.07, 6.45) is 6.47. The first kappa shape index (κ1) is 9.85. The van der Waals surface area contributed by atoms with Gasteiger partial charge in [0.25, 0.3) is 0 Å². The first-order chi connectivity index (χ1) is 6.27. The van der Waals surface area contributed by atoms with Crippen LogP contribution in [0.4, 0.5) is 0 Å². The normalized spacial score (nSPS) is 42.5. The van der Waals surface area contributed by atoms with E-state index < -0.39 is 0 Å². The fourth-order valence-corrected chi connectivity index (χ4v) is 3.93. The van der Waals surface area contributed by atoms with Crippen molar-refractivity contribution < 1.29 is 4.74 Å². The van der Waals surface area contributed by atoms with Crippen molar-refractivity contribution in [1.82, 2.24) is 0 Å². The maximum absolute atomic E-state index is 5.92. The van der Waals surface area contributed by atoms with Crippen molar-refractivity contribution >= 4 is 11.8 Å². The molecular weight excluding hydrogens is 180 g/mol. The zero-order valence-corrected chi connectivity index (χ0v) is 9.48. The van der Waals surface area contributed by atoms with Crippen LogP contribution in [0.5, 0.6) is 0 Å².